The monoisotopic (exact) mass is 298 g/mol. The van der Waals surface area contributed by atoms with Crippen molar-refractivity contribution in [2.45, 2.75) is 6.42 Å². The largest absolute Gasteiger partial charge is 0.397 e. The molecule has 0 aromatic rings. The van der Waals surface area contributed by atoms with E-state index in [-0.39, 0.29) is 19.6 Å². The highest BCUT2D eigenvalue weighted by atomic mass is 32.3. The van der Waals surface area contributed by atoms with Crippen LogP contribution in [0.25, 0.3) is 0 Å². The molecule has 0 aromatic carbocycles. The lowest BCUT2D eigenvalue weighted by Crippen LogP contribution is -2.09. The molecule has 0 heterocycles. The average Bonchev–Trinajstić information content (AvgIpc) is 2.14. The molecule has 0 bridgehead atoms. The summed E-state index contributed by atoms with van der Waals surface area (Å²) in [6, 6.07) is 0. The molecule has 0 atom stereocenters. The van der Waals surface area contributed by atoms with Crippen LogP contribution >= 0.6 is 0 Å². The van der Waals surface area contributed by atoms with Gasteiger partial charge in [0.25, 0.3) is 0 Å². The molecule has 0 aliphatic heterocycles. The number of hydrogen-bond acceptors (Lipinski definition) is 8. The Kier molecular flexibility index (Phi) is 10.8. The van der Waals surface area contributed by atoms with Gasteiger partial charge in [-0.3, -0.25) is 9.11 Å². The van der Waals surface area contributed by atoms with Gasteiger partial charge in [0.15, 0.2) is 0 Å². The molecule has 12 heteroatoms. The average molecular weight is 298 g/mol. The van der Waals surface area contributed by atoms with Crippen LogP contribution in [0.4, 0.5) is 0 Å². The van der Waals surface area contributed by atoms with Gasteiger partial charge in [-0.25, -0.2) is 8.37 Å². The van der Waals surface area contributed by atoms with Crippen LogP contribution in [0.15, 0.2) is 0 Å². The molecule has 0 amide bonds. The summed E-state index contributed by atoms with van der Waals surface area (Å²) in [5.74, 6) is 0. The van der Waals surface area contributed by atoms with Crippen LogP contribution < -0.4 is 0 Å². The standard InChI is InChI=1S/C3H8O8S2.C2H6O2/c4-12(5,6)10-2-1-3-11-13(7,8)9;3-1-2-4/h1-3H2,(H,4,5,6)(H,7,8,9);3-4H,1-2H2. The second-order valence-corrected chi connectivity index (χ2v) is 4.48. The first-order valence-corrected chi connectivity index (χ1v) is 6.81. The Balaban J connectivity index is 0. The number of hydrogen-bond donors (Lipinski definition) is 4. The van der Waals surface area contributed by atoms with E-state index in [4.69, 9.17) is 19.3 Å². The molecule has 17 heavy (non-hydrogen) atoms. The highest BCUT2D eigenvalue weighted by Gasteiger charge is 2.06. The number of aliphatic hydroxyl groups excluding tert-OH is 2. The summed E-state index contributed by atoms with van der Waals surface area (Å²) in [7, 11) is -9.02. The lowest BCUT2D eigenvalue weighted by Gasteiger charge is -1.99. The summed E-state index contributed by atoms with van der Waals surface area (Å²) in [6.07, 6.45) is -0.112. The Morgan fingerprint density at radius 3 is 1.24 bits per heavy atom. The zero-order valence-electron chi connectivity index (χ0n) is 8.59. The summed E-state index contributed by atoms with van der Waals surface area (Å²) in [5.41, 5.74) is 0. The SMILES string of the molecule is O=S(=O)(O)OCCCOS(=O)(=O)O.OCCO. The highest BCUT2D eigenvalue weighted by Crippen LogP contribution is 1.92. The molecule has 0 spiro atoms. The van der Waals surface area contributed by atoms with Crippen LogP contribution in [-0.2, 0) is 29.2 Å². The summed E-state index contributed by atoms with van der Waals surface area (Å²) < 4.78 is 63.3. The lowest BCUT2D eigenvalue weighted by molar-refractivity contribution is 0.186. The van der Waals surface area contributed by atoms with Crippen molar-refractivity contribution in [3.05, 3.63) is 0 Å². The molecule has 0 rings (SSSR count). The third-order valence-electron chi connectivity index (χ3n) is 0.853. The van der Waals surface area contributed by atoms with Crippen molar-refractivity contribution in [1.82, 2.24) is 0 Å². The number of rotatable bonds is 7. The molecule has 0 unspecified atom stereocenters. The predicted molar refractivity (Wildman–Crippen MR) is 53.8 cm³/mol. The van der Waals surface area contributed by atoms with Crippen LogP contribution in [0, 0.1) is 0 Å². The fourth-order valence-corrected chi connectivity index (χ4v) is 1.04. The Morgan fingerprint density at radius 2 is 1.06 bits per heavy atom. The fraction of sp³-hybridized carbons (Fsp3) is 1.00. The zero-order chi connectivity index (χ0) is 13.9. The van der Waals surface area contributed by atoms with Crippen molar-refractivity contribution in [3.63, 3.8) is 0 Å². The number of aliphatic hydroxyl groups is 2. The summed E-state index contributed by atoms with van der Waals surface area (Å²) in [4.78, 5) is 0. The molecule has 106 valence electrons. The summed E-state index contributed by atoms with van der Waals surface area (Å²) in [6.45, 7) is -1.12. The van der Waals surface area contributed by atoms with Crippen LogP contribution in [0.2, 0.25) is 0 Å². The van der Waals surface area contributed by atoms with Crippen molar-refractivity contribution in [2.24, 2.45) is 0 Å². The van der Waals surface area contributed by atoms with E-state index in [1.807, 2.05) is 0 Å². The summed E-state index contributed by atoms with van der Waals surface area (Å²) >= 11 is 0. The maximum Gasteiger partial charge on any atom is 0.397 e. The van der Waals surface area contributed by atoms with E-state index < -0.39 is 34.0 Å². The third kappa shape index (κ3) is 25.7. The minimum Gasteiger partial charge on any atom is -0.394 e. The minimum absolute atomic E-state index is 0.112. The van der Waals surface area contributed by atoms with Crippen molar-refractivity contribution < 1.29 is 44.5 Å². The van der Waals surface area contributed by atoms with Gasteiger partial charge in [0.05, 0.1) is 26.4 Å². The van der Waals surface area contributed by atoms with E-state index in [0.29, 0.717) is 0 Å². The topological polar surface area (TPSA) is 168 Å². The molecule has 0 saturated carbocycles. The maximum atomic E-state index is 9.92. The van der Waals surface area contributed by atoms with Gasteiger partial charge in [-0.15, -0.1) is 0 Å². The van der Waals surface area contributed by atoms with Crippen LogP contribution in [0.3, 0.4) is 0 Å². The van der Waals surface area contributed by atoms with Gasteiger partial charge >= 0.3 is 20.8 Å². The molecular formula is C5H14O10S2. The second-order valence-electron chi connectivity index (χ2n) is 2.30. The Hall–Kier alpha value is -0.340. The first-order chi connectivity index (χ1) is 7.62. The molecule has 0 radical (unpaired) electrons. The molecule has 0 saturated heterocycles. The van der Waals surface area contributed by atoms with Crippen molar-refractivity contribution in [1.29, 1.82) is 0 Å². The van der Waals surface area contributed by atoms with Crippen LogP contribution in [-0.4, -0.2) is 62.6 Å². The van der Waals surface area contributed by atoms with E-state index in [1.165, 1.54) is 0 Å². The van der Waals surface area contributed by atoms with Crippen molar-refractivity contribution in [2.75, 3.05) is 26.4 Å². The van der Waals surface area contributed by atoms with E-state index in [1.54, 1.807) is 0 Å². The molecule has 4 N–H and O–H groups in total. The van der Waals surface area contributed by atoms with Gasteiger partial charge in [0, 0.05) is 0 Å². The molecular weight excluding hydrogens is 284 g/mol. The summed E-state index contributed by atoms with van der Waals surface area (Å²) in [5, 5.41) is 15.2. The van der Waals surface area contributed by atoms with Crippen molar-refractivity contribution in [3.8, 4) is 0 Å². The second kappa shape index (κ2) is 9.67. The van der Waals surface area contributed by atoms with E-state index in [9.17, 15) is 16.8 Å². The Bertz CT molecular complexity index is 320. The van der Waals surface area contributed by atoms with Crippen molar-refractivity contribution >= 4 is 20.8 Å². The molecule has 0 fully saturated rings. The Morgan fingerprint density at radius 1 is 0.765 bits per heavy atom. The quantitative estimate of drug-likeness (QED) is 0.304. The Labute approximate surface area is 98.7 Å². The highest BCUT2D eigenvalue weighted by molar-refractivity contribution is 7.81. The van der Waals surface area contributed by atoms with E-state index >= 15 is 0 Å². The molecule has 10 nitrogen and oxygen atoms in total. The van der Waals surface area contributed by atoms with E-state index in [2.05, 4.69) is 8.37 Å². The molecule has 0 aliphatic carbocycles. The third-order valence-corrected chi connectivity index (χ3v) is 1.78. The van der Waals surface area contributed by atoms with Crippen LogP contribution in [0.1, 0.15) is 6.42 Å². The molecule has 0 aromatic heterocycles. The van der Waals surface area contributed by atoms with Gasteiger partial charge in [-0.05, 0) is 6.42 Å². The molecule has 0 aliphatic rings. The van der Waals surface area contributed by atoms with Gasteiger partial charge in [0.2, 0.25) is 0 Å². The normalized spacial score (nSPS) is 11.8. The van der Waals surface area contributed by atoms with Gasteiger partial charge < -0.3 is 10.2 Å². The smallest absolute Gasteiger partial charge is 0.394 e. The fourth-order valence-electron chi connectivity index (χ4n) is 0.387. The van der Waals surface area contributed by atoms with Crippen LogP contribution in [0.5, 0.6) is 0 Å². The predicted octanol–water partition coefficient (Wildman–Crippen LogP) is -2.01. The van der Waals surface area contributed by atoms with Gasteiger partial charge in [-0.1, -0.05) is 0 Å². The van der Waals surface area contributed by atoms with Gasteiger partial charge in [0.1, 0.15) is 0 Å². The minimum atomic E-state index is -4.51. The lowest BCUT2D eigenvalue weighted by atomic mass is 10.5. The first-order valence-electron chi connectivity index (χ1n) is 4.07. The van der Waals surface area contributed by atoms with E-state index in [0.717, 1.165) is 0 Å². The van der Waals surface area contributed by atoms with Gasteiger partial charge in [-0.2, -0.15) is 16.8 Å². The zero-order valence-corrected chi connectivity index (χ0v) is 10.2. The first kappa shape index (κ1) is 19.0. The maximum absolute atomic E-state index is 9.92.